The van der Waals surface area contributed by atoms with Crippen molar-refractivity contribution in [2.75, 3.05) is 20.3 Å². The summed E-state index contributed by atoms with van der Waals surface area (Å²) in [6.45, 7) is 3.99. The standard InChI is InChI=1S/C13H19FN2O4S/c1-8(7-20-3)6-16-13(17)10-5-12(21(15,18)19)9(2)4-11(10)14/h4-5,8H,6-7H2,1-3H3,(H,16,17)(H2,15,18,19). The number of nitrogens with two attached hydrogens (primary N) is 1. The van der Waals surface area contributed by atoms with Crippen LogP contribution in [0.4, 0.5) is 4.39 Å². The van der Waals surface area contributed by atoms with Gasteiger partial charge in [0, 0.05) is 13.7 Å². The lowest BCUT2D eigenvalue weighted by atomic mass is 10.1. The van der Waals surface area contributed by atoms with E-state index in [1.165, 1.54) is 14.0 Å². The van der Waals surface area contributed by atoms with Gasteiger partial charge in [0.1, 0.15) is 5.82 Å². The molecule has 1 aromatic carbocycles. The summed E-state index contributed by atoms with van der Waals surface area (Å²) in [4.78, 5) is 11.7. The second-order valence-corrected chi connectivity index (χ2v) is 6.44. The first-order valence-corrected chi connectivity index (χ1v) is 7.81. The van der Waals surface area contributed by atoms with Gasteiger partial charge in [-0.2, -0.15) is 0 Å². The summed E-state index contributed by atoms with van der Waals surface area (Å²) in [5.41, 5.74) is -0.200. The zero-order valence-corrected chi connectivity index (χ0v) is 13.0. The zero-order valence-electron chi connectivity index (χ0n) is 12.1. The quantitative estimate of drug-likeness (QED) is 0.810. The molecular weight excluding hydrogens is 299 g/mol. The van der Waals surface area contributed by atoms with Gasteiger partial charge >= 0.3 is 0 Å². The number of benzene rings is 1. The Morgan fingerprint density at radius 2 is 2.10 bits per heavy atom. The number of primary sulfonamides is 1. The molecule has 1 amide bonds. The van der Waals surface area contributed by atoms with E-state index in [0.717, 1.165) is 12.1 Å². The fourth-order valence-electron chi connectivity index (χ4n) is 1.84. The fraction of sp³-hybridized carbons (Fsp3) is 0.462. The van der Waals surface area contributed by atoms with Crippen LogP contribution in [-0.4, -0.2) is 34.6 Å². The second-order valence-electron chi connectivity index (χ2n) is 4.91. The average molecular weight is 318 g/mol. The van der Waals surface area contributed by atoms with Crippen LogP contribution in [0, 0.1) is 18.7 Å². The monoisotopic (exact) mass is 318 g/mol. The molecule has 0 aliphatic carbocycles. The third kappa shape index (κ3) is 4.76. The second kappa shape index (κ2) is 6.97. The van der Waals surface area contributed by atoms with Crippen molar-refractivity contribution >= 4 is 15.9 Å². The van der Waals surface area contributed by atoms with Gasteiger partial charge in [0.2, 0.25) is 10.0 Å². The molecule has 0 spiro atoms. The minimum absolute atomic E-state index is 0.0465. The van der Waals surface area contributed by atoms with Crippen molar-refractivity contribution in [1.29, 1.82) is 0 Å². The zero-order chi connectivity index (χ0) is 16.2. The predicted molar refractivity (Wildman–Crippen MR) is 75.9 cm³/mol. The van der Waals surface area contributed by atoms with Crippen LogP contribution in [0.15, 0.2) is 17.0 Å². The highest BCUT2D eigenvalue weighted by Gasteiger charge is 2.19. The molecule has 3 N–H and O–H groups in total. The lowest BCUT2D eigenvalue weighted by Gasteiger charge is -2.13. The van der Waals surface area contributed by atoms with Crippen LogP contribution < -0.4 is 10.5 Å². The smallest absolute Gasteiger partial charge is 0.254 e. The van der Waals surface area contributed by atoms with Gasteiger partial charge in [-0.25, -0.2) is 17.9 Å². The molecule has 8 heteroatoms. The molecule has 0 fully saturated rings. The van der Waals surface area contributed by atoms with Crippen molar-refractivity contribution in [3.8, 4) is 0 Å². The van der Waals surface area contributed by atoms with Crippen LogP contribution >= 0.6 is 0 Å². The molecule has 1 atom stereocenters. The predicted octanol–water partition coefficient (Wildman–Crippen LogP) is 0.794. The van der Waals surface area contributed by atoms with E-state index in [1.54, 1.807) is 0 Å². The van der Waals surface area contributed by atoms with Gasteiger partial charge in [0.25, 0.3) is 5.91 Å². The first-order valence-electron chi connectivity index (χ1n) is 6.27. The van der Waals surface area contributed by atoms with Crippen molar-refractivity contribution in [3.63, 3.8) is 0 Å². The number of hydrogen-bond donors (Lipinski definition) is 2. The Hall–Kier alpha value is -1.51. The molecule has 0 heterocycles. The summed E-state index contributed by atoms with van der Waals surface area (Å²) in [6, 6.07) is 1.93. The molecule has 0 radical (unpaired) electrons. The van der Waals surface area contributed by atoms with E-state index in [-0.39, 0.29) is 28.5 Å². The number of amides is 1. The summed E-state index contributed by atoms with van der Waals surface area (Å²) < 4.78 is 41.5. The van der Waals surface area contributed by atoms with E-state index in [9.17, 15) is 17.6 Å². The number of ether oxygens (including phenoxy) is 1. The number of carbonyl (C=O) groups excluding carboxylic acids is 1. The Morgan fingerprint density at radius 3 is 2.62 bits per heavy atom. The molecule has 0 aromatic heterocycles. The Bertz CT molecular complexity index is 631. The topological polar surface area (TPSA) is 98.5 Å². The van der Waals surface area contributed by atoms with E-state index >= 15 is 0 Å². The Kier molecular flexibility index (Phi) is 5.82. The number of sulfonamides is 1. The number of aryl methyl sites for hydroxylation is 1. The largest absolute Gasteiger partial charge is 0.384 e. The first-order chi connectivity index (χ1) is 9.66. The van der Waals surface area contributed by atoms with Crippen molar-refractivity contribution in [2.24, 2.45) is 11.1 Å². The van der Waals surface area contributed by atoms with Crippen molar-refractivity contribution in [2.45, 2.75) is 18.7 Å². The molecule has 6 nitrogen and oxygen atoms in total. The lowest BCUT2D eigenvalue weighted by molar-refractivity contribution is 0.0930. The Labute approximate surface area is 123 Å². The maximum absolute atomic E-state index is 13.8. The minimum atomic E-state index is -4.01. The highest BCUT2D eigenvalue weighted by molar-refractivity contribution is 7.89. The van der Waals surface area contributed by atoms with Gasteiger partial charge < -0.3 is 10.1 Å². The molecule has 21 heavy (non-hydrogen) atoms. The van der Waals surface area contributed by atoms with Gasteiger partial charge in [-0.05, 0) is 30.5 Å². The molecule has 0 aliphatic heterocycles. The van der Waals surface area contributed by atoms with Gasteiger partial charge in [-0.15, -0.1) is 0 Å². The van der Waals surface area contributed by atoms with Crippen molar-refractivity contribution < 1.29 is 22.3 Å². The number of methoxy groups -OCH3 is 1. The van der Waals surface area contributed by atoms with Crippen LogP contribution in [0.1, 0.15) is 22.8 Å². The van der Waals surface area contributed by atoms with E-state index in [0.29, 0.717) is 6.61 Å². The SMILES string of the molecule is COCC(C)CNC(=O)c1cc(S(N)(=O)=O)c(C)cc1F. The molecule has 0 saturated carbocycles. The van der Waals surface area contributed by atoms with Crippen LogP contribution in [0.5, 0.6) is 0 Å². The lowest BCUT2D eigenvalue weighted by Crippen LogP contribution is -2.31. The third-order valence-corrected chi connectivity index (χ3v) is 3.93. The van der Waals surface area contributed by atoms with E-state index in [4.69, 9.17) is 9.88 Å². The summed E-state index contributed by atoms with van der Waals surface area (Å²) in [7, 11) is -2.47. The first kappa shape index (κ1) is 17.5. The molecule has 1 unspecified atom stereocenters. The summed E-state index contributed by atoms with van der Waals surface area (Å²) in [6.07, 6.45) is 0. The summed E-state index contributed by atoms with van der Waals surface area (Å²) in [5.74, 6) is -1.44. The molecule has 118 valence electrons. The Balaban J connectivity index is 3.00. The molecule has 0 saturated heterocycles. The molecular formula is C13H19FN2O4S. The van der Waals surface area contributed by atoms with Crippen LogP contribution in [-0.2, 0) is 14.8 Å². The van der Waals surface area contributed by atoms with Crippen LogP contribution in [0.25, 0.3) is 0 Å². The van der Waals surface area contributed by atoms with Crippen LogP contribution in [0.3, 0.4) is 0 Å². The summed E-state index contributed by atoms with van der Waals surface area (Å²) in [5, 5.41) is 7.57. The van der Waals surface area contributed by atoms with Gasteiger partial charge in [0.15, 0.2) is 0 Å². The van der Waals surface area contributed by atoms with E-state index < -0.39 is 21.7 Å². The fourth-order valence-corrected chi connectivity index (χ4v) is 2.63. The number of rotatable bonds is 6. The number of carbonyl (C=O) groups is 1. The molecule has 1 rings (SSSR count). The normalized spacial score (nSPS) is 13.0. The maximum Gasteiger partial charge on any atom is 0.254 e. The highest BCUT2D eigenvalue weighted by Crippen LogP contribution is 2.19. The van der Waals surface area contributed by atoms with Gasteiger partial charge in [-0.1, -0.05) is 6.92 Å². The summed E-state index contributed by atoms with van der Waals surface area (Å²) >= 11 is 0. The van der Waals surface area contributed by atoms with Gasteiger partial charge in [-0.3, -0.25) is 4.79 Å². The number of halogens is 1. The number of nitrogens with one attached hydrogen (secondary N) is 1. The molecule has 1 aromatic rings. The number of hydrogen-bond acceptors (Lipinski definition) is 4. The van der Waals surface area contributed by atoms with E-state index in [1.807, 2.05) is 6.92 Å². The average Bonchev–Trinajstić information content (AvgIpc) is 2.34. The third-order valence-electron chi connectivity index (χ3n) is 2.88. The van der Waals surface area contributed by atoms with Crippen LogP contribution in [0.2, 0.25) is 0 Å². The highest BCUT2D eigenvalue weighted by atomic mass is 32.2. The Morgan fingerprint density at radius 1 is 1.48 bits per heavy atom. The molecule has 0 aliphatic rings. The van der Waals surface area contributed by atoms with Gasteiger partial charge in [0.05, 0.1) is 17.1 Å². The minimum Gasteiger partial charge on any atom is -0.384 e. The van der Waals surface area contributed by atoms with Crippen molar-refractivity contribution in [1.82, 2.24) is 5.32 Å². The van der Waals surface area contributed by atoms with E-state index in [2.05, 4.69) is 5.32 Å². The molecule has 0 bridgehead atoms. The maximum atomic E-state index is 13.8. The van der Waals surface area contributed by atoms with Crippen molar-refractivity contribution in [3.05, 3.63) is 29.1 Å².